The number of hydrogen-bond donors (Lipinski definition) is 0. The first kappa shape index (κ1) is 14.0. The van der Waals surface area contributed by atoms with Crippen molar-refractivity contribution in [2.75, 3.05) is 0 Å². The van der Waals surface area contributed by atoms with Crippen LogP contribution >= 0.6 is 0 Å². The van der Waals surface area contributed by atoms with E-state index in [1.807, 2.05) is 0 Å². The molecule has 0 aromatic carbocycles. The Hall–Kier alpha value is 0. The summed E-state index contributed by atoms with van der Waals surface area (Å²) in [5.41, 5.74) is 0.569. The van der Waals surface area contributed by atoms with E-state index in [9.17, 15) is 0 Å². The minimum Gasteiger partial charge on any atom is -0.0654 e. The van der Waals surface area contributed by atoms with Gasteiger partial charge in [0.15, 0.2) is 0 Å². The zero-order chi connectivity index (χ0) is 11.2. The summed E-state index contributed by atoms with van der Waals surface area (Å²) >= 11 is 0. The molecular formula is C14H30. The Balaban J connectivity index is 4.51. The van der Waals surface area contributed by atoms with E-state index in [4.69, 9.17) is 0 Å². The van der Waals surface area contributed by atoms with E-state index in [1.165, 1.54) is 32.1 Å². The van der Waals surface area contributed by atoms with Gasteiger partial charge in [-0.3, -0.25) is 0 Å². The Bertz CT molecular complexity index is 139. The van der Waals surface area contributed by atoms with Crippen LogP contribution < -0.4 is 0 Å². The lowest BCUT2D eigenvalue weighted by Crippen LogP contribution is -2.32. The molecule has 0 rings (SSSR count). The van der Waals surface area contributed by atoms with Gasteiger partial charge < -0.3 is 0 Å². The molecule has 0 radical (unpaired) electrons. The summed E-state index contributed by atoms with van der Waals surface area (Å²) in [4.78, 5) is 0. The maximum Gasteiger partial charge on any atom is -0.0275 e. The van der Waals surface area contributed by atoms with Gasteiger partial charge in [-0.1, -0.05) is 67.2 Å². The van der Waals surface area contributed by atoms with Gasteiger partial charge in [0.2, 0.25) is 0 Å². The predicted octanol–water partition coefficient (Wildman–Crippen LogP) is 5.28. The lowest BCUT2D eigenvalue weighted by atomic mass is 9.64. The Morgan fingerprint density at radius 2 is 1.50 bits per heavy atom. The molecule has 0 aliphatic rings. The first-order valence-electron chi connectivity index (χ1n) is 6.52. The first-order valence-corrected chi connectivity index (χ1v) is 6.52. The normalized spacial score (nSPS) is 20.1. The van der Waals surface area contributed by atoms with Gasteiger partial charge in [0, 0.05) is 0 Å². The van der Waals surface area contributed by atoms with Crippen molar-refractivity contribution in [3.8, 4) is 0 Å². The molecule has 0 aromatic heterocycles. The Labute approximate surface area is 91.5 Å². The van der Waals surface area contributed by atoms with Crippen LogP contribution in [0.3, 0.4) is 0 Å². The summed E-state index contributed by atoms with van der Waals surface area (Å²) in [7, 11) is 0. The fourth-order valence-electron chi connectivity index (χ4n) is 2.75. The molecule has 3 atom stereocenters. The lowest BCUT2D eigenvalue weighted by molar-refractivity contribution is 0.0894. The Morgan fingerprint density at radius 1 is 0.929 bits per heavy atom. The summed E-state index contributed by atoms with van der Waals surface area (Å²) in [5, 5.41) is 0. The van der Waals surface area contributed by atoms with Crippen LogP contribution in [-0.2, 0) is 0 Å². The van der Waals surface area contributed by atoms with E-state index < -0.39 is 0 Å². The van der Waals surface area contributed by atoms with Crippen LogP contribution in [0.15, 0.2) is 0 Å². The van der Waals surface area contributed by atoms with Crippen molar-refractivity contribution in [3.63, 3.8) is 0 Å². The second kappa shape index (κ2) is 6.48. The lowest BCUT2D eigenvalue weighted by Gasteiger charge is -2.41. The summed E-state index contributed by atoms with van der Waals surface area (Å²) < 4.78 is 0. The molecular weight excluding hydrogens is 168 g/mol. The molecule has 0 aliphatic carbocycles. The van der Waals surface area contributed by atoms with Gasteiger partial charge >= 0.3 is 0 Å². The van der Waals surface area contributed by atoms with Gasteiger partial charge in [-0.2, -0.15) is 0 Å². The summed E-state index contributed by atoms with van der Waals surface area (Å²) in [6, 6.07) is 0. The fraction of sp³-hybridized carbons (Fsp3) is 1.00. The van der Waals surface area contributed by atoms with Gasteiger partial charge in [-0.05, 0) is 23.7 Å². The molecule has 0 aromatic rings. The van der Waals surface area contributed by atoms with Crippen molar-refractivity contribution in [1.82, 2.24) is 0 Å². The Kier molecular flexibility index (Phi) is 6.48. The van der Waals surface area contributed by atoms with Crippen molar-refractivity contribution in [3.05, 3.63) is 0 Å². The predicted molar refractivity (Wildman–Crippen MR) is 66.5 cm³/mol. The van der Waals surface area contributed by atoms with Crippen molar-refractivity contribution < 1.29 is 0 Å². The highest BCUT2D eigenvalue weighted by Gasteiger charge is 2.34. The first-order chi connectivity index (χ1) is 6.52. The van der Waals surface area contributed by atoms with Crippen LogP contribution in [0, 0.1) is 17.3 Å². The van der Waals surface area contributed by atoms with Gasteiger partial charge in [0.1, 0.15) is 0 Å². The molecule has 0 bridgehead atoms. The van der Waals surface area contributed by atoms with Crippen LogP contribution in [-0.4, -0.2) is 0 Å². The molecule has 0 spiro atoms. The van der Waals surface area contributed by atoms with Crippen LogP contribution in [0.25, 0.3) is 0 Å². The van der Waals surface area contributed by atoms with Gasteiger partial charge in [0.25, 0.3) is 0 Å². The zero-order valence-electron chi connectivity index (χ0n) is 11.2. The molecule has 0 saturated carbocycles. The van der Waals surface area contributed by atoms with Crippen LogP contribution in [0.4, 0.5) is 0 Å². The highest BCUT2D eigenvalue weighted by Crippen LogP contribution is 2.43. The topological polar surface area (TPSA) is 0 Å². The van der Waals surface area contributed by atoms with E-state index in [0.717, 1.165) is 11.8 Å². The van der Waals surface area contributed by atoms with Crippen LogP contribution in [0.1, 0.15) is 73.6 Å². The molecule has 0 fully saturated rings. The van der Waals surface area contributed by atoms with E-state index in [0.29, 0.717) is 5.41 Å². The maximum atomic E-state index is 2.50. The van der Waals surface area contributed by atoms with E-state index in [-0.39, 0.29) is 0 Å². The van der Waals surface area contributed by atoms with Crippen molar-refractivity contribution in [1.29, 1.82) is 0 Å². The molecule has 3 unspecified atom stereocenters. The molecule has 14 heavy (non-hydrogen) atoms. The SMILES string of the molecule is CCCC(C)C(C)(CCC)C(C)CC. The average Bonchev–Trinajstić information content (AvgIpc) is 2.17. The van der Waals surface area contributed by atoms with Gasteiger partial charge in [-0.25, -0.2) is 0 Å². The third-order valence-electron chi connectivity index (χ3n) is 4.37. The third kappa shape index (κ3) is 3.29. The molecule has 0 heterocycles. The number of rotatable bonds is 7. The highest BCUT2D eigenvalue weighted by atomic mass is 14.4. The van der Waals surface area contributed by atoms with Crippen LogP contribution in [0.2, 0.25) is 0 Å². The smallest absolute Gasteiger partial charge is 0.0275 e. The monoisotopic (exact) mass is 198 g/mol. The standard InChI is InChI=1S/C14H30/c1-7-10-13(5)14(6,11-8-2)12(4)9-3/h12-13H,7-11H2,1-6H3. The molecule has 0 amide bonds. The van der Waals surface area contributed by atoms with Crippen molar-refractivity contribution >= 4 is 0 Å². The summed E-state index contributed by atoms with van der Waals surface area (Å²) in [5.74, 6) is 1.74. The largest absolute Gasteiger partial charge is 0.0654 e. The molecule has 86 valence electrons. The quantitative estimate of drug-likeness (QED) is 0.522. The molecule has 0 heteroatoms. The van der Waals surface area contributed by atoms with Crippen molar-refractivity contribution in [2.24, 2.45) is 17.3 Å². The minimum atomic E-state index is 0.569. The maximum absolute atomic E-state index is 2.50. The third-order valence-corrected chi connectivity index (χ3v) is 4.37. The average molecular weight is 198 g/mol. The van der Waals surface area contributed by atoms with Crippen molar-refractivity contribution in [2.45, 2.75) is 73.6 Å². The van der Waals surface area contributed by atoms with Gasteiger partial charge in [-0.15, -0.1) is 0 Å². The van der Waals surface area contributed by atoms with Crippen LogP contribution in [0.5, 0.6) is 0 Å². The fourth-order valence-corrected chi connectivity index (χ4v) is 2.75. The summed E-state index contributed by atoms with van der Waals surface area (Å²) in [6.07, 6.45) is 6.76. The molecule has 0 aliphatic heterocycles. The summed E-state index contributed by atoms with van der Waals surface area (Å²) in [6.45, 7) is 14.3. The molecule has 0 saturated heterocycles. The van der Waals surface area contributed by atoms with E-state index in [1.54, 1.807) is 0 Å². The zero-order valence-corrected chi connectivity index (χ0v) is 11.2. The molecule has 0 N–H and O–H groups in total. The second-order valence-electron chi connectivity index (χ2n) is 5.25. The van der Waals surface area contributed by atoms with E-state index in [2.05, 4.69) is 41.5 Å². The Morgan fingerprint density at radius 3 is 1.86 bits per heavy atom. The second-order valence-corrected chi connectivity index (χ2v) is 5.25. The highest BCUT2D eigenvalue weighted by molar-refractivity contribution is 4.83. The minimum absolute atomic E-state index is 0.569. The molecule has 0 nitrogen and oxygen atoms in total. The van der Waals surface area contributed by atoms with Gasteiger partial charge in [0.05, 0.1) is 0 Å². The van der Waals surface area contributed by atoms with E-state index >= 15 is 0 Å². The number of hydrogen-bond acceptors (Lipinski definition) is 0.